The van der Waals surface area contributed by atoms with Gasteiger partial charge in [0.25, 0.3) is 5.91 Å². The molecule has 4 rings (SSSR count). The number of nitrogens with one attached hydrogen (secondary N) is 1. The number of nitrogens with zero attached hydrogens (tertiary/aromatic N) is 4. The van der Waals surface area contributed by atoms with Crippen molar-refractivity contribution < 1.29 is 18.4 Å². The maximum Gasteiger partial charge on any atom is 0.270 e. The number of benzene rings is 1. The molecule has 144 valence electrons. The first-order valence-corrected chi connectivity index (χ1v) is 8.84. The van der Waals surface area contributed by atoms with E-state index in [4.69, 9.17) is 9.26 Å². The van der Waals surface area contributed by atoms with Gasteiger partial charge in [0, 0.05) is 30.5 Å². The molecule has 0 atom stereocenters. The highest BCUT2D eigenvalue weighted by molar-refractivity contribution is 5.93. The van der Waals surface area contributed by atoms with E-state index < -0.39 is 0 Å². The summed E-state index contributed by atoms with van der Waals surface area (Å²) >= 11 is 0. The largest absolute Gasteiger partial charge is 0.378 e. The molecule has 1 fully saturated rings. The Morgan fingerprint density at radius 3 is 2.89 bits per heavy atom. The molecule has 28 heavy (non-hydrogen) atoms. The third kappa shape index (κ3) is 4.15. The third-order valence-electron chi connectivity index (χ3n) is 4.30. The number of aromatic nitrogens is 3. The van der Waals surface area contributed by atoms with Crippen LogP contribution in [-0.2, 0) is 11.3 Å². The summed E-state index contributed by atoms with van der Waals surface area (Å²) in [6, 6.07) is 9.50. The first-order chi connectivity index (χ1) is 13.7. The highest BCUT2D eigenvalue weighted by Gasteiger charge is 2.15. The van der Waals surface area contributed by atoms with Crippen LogP contribution >= 0.6 is 0 Å². The fourth-order valence-electron chi connectivity index (χ4n) is 2.88. The number of morpholine rings is 1. The first-order valence-electron chi connectivity index (χ1n) is 8.84. The number of ether oxygens (including phenoxy) is 1. The minimum Gasteiger partial charge on any atom is -0.378 e. The molecular formula is C19H18FN5O3. The number of anilines is 1. The predicted molar refractivity (Wildman–Crippen MR) is 98.1 cm³/mol. The SMILES string of the molecule is O=C(NCc1nc(-c2cccc(F)c2)no1)c1cc(N2CCOCC2)ccn1. The van der Waals surface area contributed by atoms with Gasteiger partial charge in [-0.25, -0.2) is 4.39 Å². The van der Waals surface area contributed by atoms with Crippen LogP contribution in [-0.4, -0.2) is 47.3 Å². The summed E-state index contributed by atoms with van der Waals surface area (Å²) in [4.78, 5) is 22.9. The molecule has 0 unspecified atom stereocenters. The second-order valence-corrected chi connectivity index (χ2v) is 6.20. The van der Waals surface area contributed by atoms with E-state index in [0.717, 1.165) is 18.8 Å². The maximum atomic E-state index is 13.3. The van der Waals surface area contributed by atoms with E-state index in [-0.39, 0.29) is 30.0 Å². The molecular weight excluding hydrogens is 365 g/mol. The monoisotopic (exact) mass is 383 g/mol. The van der Waals surface area contributed by atoms with E-state index in [1.54, 1.807) is 24.4 Å². The summed E-state index contributed by atoms with van der Waals surface area (Å²) in [5, 5.41) is 6.52. The lowest BCUT2D eigenvalue weighted by Gasteiger charge is -2.28. The average Bonchev–Trinajstić information content (AvgIpc) is 3.22. The lowest BCUT2D eigenvalue weighted by molar-refractivity contribution is 0.0941. The summed E-state index contributed by atoms with van der Waals surface area (Å²) in [5.41, 5.74) is 1.73. The van der Waals surface area contributed by atoms with Crippen LogP contribution in [0.4, 0.5) is 10.1 Å². The normalized spacial score (nSPS) is 14.1. The van der Waals surface area contributed by atoms with Gasteiger partial charge in [-0.2, -0.15) is 4.98 Å². The summed E-state index contributed by atoms with van der Waals surface area (Å²) in [7, 11) is 0. The van der Waals surface area contributed by atoms with Crippen LogP contribution in [0.3, 0.4) is 0 Å². The van der Waals surface area contributed by atoms with Gasteiger partial charge in [0.2, 0.25) is 11.7 Å². The number of carbonyl (C=O) groups is 1. The van der Waals surface area contributed by atoms with Crippen LogP contribution in [0.15, 0.2) is 47.1 Å². The molecule has 9 heteroatoms. The number of amides is 1. The Kier molecular flexibility index (Phi) is 5.24. The molecule has 3 heterocycles. The van der Waals surface area contributed by atoms with Crippen molar-refractivity contribution in [3.8, 4) is 11.4 Å². The van der Waals surface area contributed by atoms with Gasteiger partial charge in [-0.05, 0) is 24.3 Å². The van der Waals surface area contributed by atoms with Crippen molar-refractivity contribution in [2.75, 3.05) is 31.2 Å². The Hall–Kier alpha value is -3.33. The lowest BCUT2D eigenvalue weighted by atomic mass is 10.2. The van der Waals surface area contributed by atoms with Gasteiger partial charge >= 0.3 is 0 Å². The Bertz CT molecular complexity index is 971. The zero-order chi connectivity index (χ0) is 19.3. The van der Waals surface area contributed by atoms with Crippen LogP contribution in [0.25, 0.3) is 11.4 Å². The average molecular weight is 383 g/mol. The summed E-state index contributed by atoms with van der Waals surface area (Å²) in [6.07, 6.45) is 1.61. The van der Waals surface area contributed by atoms with Crippen molar-refractivity contribution in [3.05, 3.63) is 60.0 Å². The van der Waals surface area contributed by atoms with Crippen molar-refractivity contribution in [1.29, 1.82) is 0 Å². The van der Waals surface area contributed by atoms with E-state index in [1.807, 2.05) is 6.07 Å². The summed E-state index contributed by atoms with van der Waals surface area (Å²) in [5.74, 6) is -0.253. The first kappa shape index (κ1) is 18.1. The lowest BCUT2D eigenvalue weighted by Crippen LogP contribution is -2.36. The number of hydrogen-bond donors (Lipinski definition) is 1. The van der Waals surface area contributed by atoms with Crippen molar-refractivity contribution in [2.24, 2.45) is 0 Å². The predicted octanol–water partition coefficient (Wildman–Crippen LogP) is 2.04. The van der Waals surface area contributed by atoms with Gasteiger partial charge in [-0.1, -0.05) is 17.3 Å². The topological polar surface area (TPSA) is 93.4 Å². The number of pyridine rings is 1. The maximum absolute atomic E-state index is 13.3. The number of halogens is 1. The smallest absolute Gasteiger partial charge is 0.270 e. The second-order valence-electron chi connectivity index (χ2n) is 6.20. The van der Waals surface area contributed by atoms with E-state index in [9.17, 15) is 9.18 Å². The molecule has 3 aromatic rings. The molecule has 0 radical (unpaired) electrons. The molecule has 0 spiro atoms. The zero-order valence-corrected chi connectivity index (χ0v) is 15.0. The molecule has 0 bridgehead atoms. The molecule has 0 saturated carbocycles. The van der Waals surface area contributed by atoms with Crippen molar-refractivity contribution in [1.82, 2.24) is 20.4 Å². The molecule has 1 saturated heterocycles. The van der Waals surface area contributed by atoms with Gasteiger partial charge in [-0.3, -0.25) is 9.78 Å². The minimum absolute atomic E-state index is 0.0462. The van der Waals surface area contributed by atoms with Crippen LogP contribution in [0.2, 0.25) is 0 Å². The van der Waals surface area contributed by atoms with Crippen molar-refractivity contribution in [2.45, 2.75) is 6.54 Å². The van der Waals surface area contributed by atoms with Crippen molar-refractivity contribution >= 4 is 11.6 Å². The van der Waals surface area contributed by atoms with Crippen LogP contribution in [0.1, 0.15) is 16.4 Å². The molecule has 1 N–H and O–H groups in total. The number of carbonyl (C=O) groups excluding carboxylic acids is 1. The minimum atomic E-state index is -0.386. The standard InChI is InChI=1S/C19H18FN5O3/c20-14-3-1-2-13(10-14)18-23-17(28-24-18)12-22-19(26)16-11-15(4-5-21-16)25-6-8-27-9-7-25/h1-5,10-11H,6-9,12H2,(H,22,26). The Morgan fingerprint density at radius 1 is 1.21 bits per heavy atom. The second kappa shape index (κ2) is 8.13. The molecule has 1 aliphatic heterocycles. The fourth-order valence-corrected chi connectivity index (χ4v) is 2.88. The molecule has 0 aliphatic carbocycles. The van der Waals surface area contributed by atoms with E-state index in [0.29, 0.717) is 24.5 Å². The summed E-state index contributed by atoms with van der Waals surface area (Å²) in [6.45, 7) is 2.92. The highest BCUT2D eigenvalue weighted by Crippen LogP contribution is 2.17. The molecule has 1 aliphatic rings. The van der Waals surface area contributed by atoms with Gasteiger partial charge in [0.15, 0.2) is 0 Å². The van der Waals surface area contributed by atoms with Gasteiger partial charge in [0.05, 0.1) is 19.8 Å². The molecule has 1 aromatic carbocycles. The Balaban J connectivity index is 1.39. The third-order valence-corrected chi connectivity index (χ3v) is 4.30. The Morgan fingerprint density at radius 2 is 2.07 bits per heavy atom. The van der Waals surface area contributed by atoms with E-state index in [1.165, 1.54) is 12.1 Å². The van der Waals surface area contributed by atoms with Crippen LogP contribution in [0, 0.1) is 5.82 Å². The number of hydrogen-bond acceptors (Lipinski definition) is 7. The summed E-state index contributed by atoms with van der Waals surface area (Å²) < 4.78 is 23.8. The van der Waals surface area contributed by atoms with Gasteiger partial charge in [-0.15, -0.1) is 0 Å². The zero-order valence-electron chi connectivity index (χ0n) is 15.0. The molecule has 2 aromatic heterocycles. The Labute approximate surface area is 160 Å². The quantitative estimate of drug-likeness (QED) is 0.721. The van der Waals surface area contributed by atoms with Crippen LogP contribution in [0.5, 0.6) is 0 Å². The number of rotatable bonds is 5. The molecule has 8 nitrogen and oxygen atoms in total. The van der Waals surface area contributed by atoms with E-state index in [2.05, 4.69) is 25.3 Å². The molecule has 1 amide bonds. The van der Waals surface area contributed by atoms with Gasteiger partial charge < -0.3 is 19.5 Å². The van der Waals surface area contributed by atoms with Gasteiger partial charge in [0.1, 0.15) is 11.5 Å². The van der Waals surface area contributed by atoms with E-state index >= 15 is 0 Å². The fraction of sp³-hybridized carbons (Fsp3) is 0.263. The highest BCUT2D eigenvalue weighted by atomic mass is 19.1. The van der Waals surface area contributed by atoms with Crippen LogP contribution < -0.4 is 10.2 Å². The van der Waals surface area contributed by atoms with Crippen molar-refractivity contribution in [3.63, 3.8) is 0 Å².